The van der Waals surface area contributed by atoms with Gasteiger partial charge in [-0.1, -0.05) is 36.5 Å². The maximum Gasteiger partial charge on any atom is 0.319 e. The monoisotopic (exact) mass is 290 g/mol. The number of nitrogens with one attached hydrogen (secondary N) is 2. The van der Waals surface area contributed by atoms with E-state index in [1.54, 1.807) is 18.2 Å². The Balaban J connectivity index is 2.42. The van der Waals surface area contributed by atoms with Crippen LogP contribution >= 0.6 is 23.2 Å². The third kappa shape index (κ3) is 5.12. The van der Waals surface area contributed by atoms with Gasteiger partial charge in [0, 0.05) is 12.2 Å². The zero-order chi connectivity index (χ0) is 13.5. The average molecular weight is 291 g/mol. The number of benzene rings is 1. The molecule has 0 aliphatic rings. The topological polar surface area (TPSA) is 61.4 Å². The molecule has 6 heteroatoms. The fraction of sp³-hybridized carbons (Fsp3) is 0.417. The van der Waals surface area contributed by atoms with Gasteiger partial charge in [0.15, 0.2) is 0 Å². The molecule has 4 nitrogen and oxygen atoms in total. The molecule has 1 rings (SSSR count). The molecule has 1 unspecified atom stereocenters. The maximum absolute atomic E-state index is 11.5. The van der Waals surface area contributed by atoms with Crippen molar-refractivity contribution in [1.82, 2.24) is 5.32 Å². The number of halogens is 2. The highest BCUT2D eigenvalue weighted by molar-refractivity contribution is 6.42. The van der Waals surface area contributed by atoms with Crippen LogP contribution in [0.4, 0.5) is 10.5 Å². The van der Waals surface area contributed by atoms with Crippen LogP contribution in [0.3, 0.4) is 0 Å². The van der Waals surface area contributed by atoms with Gasteiger partial charge in [0.2, 0.25) is 0 Å². The highest BCUT2D eigenvalue weighted by Crippen LogP contribution is 2.24. The molecule has 1 aromatic rings. The molecule has 0 saturated heterocycles. The molecule has 0 spiro atoms. The van der Waals surface area contributed by atoms with Crippen LogP contribution < -0.4 is 10.6 Å². The first-order chi connectivity index (χ1) is 8.52. The smallest absolute Gasteiger partial charge is 0.319 e. The molecule has 1 atom stereocenters. The van der Waals surface area contributed by atoms with Crippen LogP contribution in [-0.2, 0) is 0 Å². The van der Waals surface area contributed by atoms with Crippen LogP contribution in [0.1, 0.15) is 19.8 Å². The number of hydrogen-bond acceptors (Lipinski definition) is 2. The summed E-state index contributed by atoms with van der Waals surface area (Å²) in [7, 11) is 0. The molecule has 0 aliphatic heterocycles. The molecule has 2 amide bonds. The first kappa shape index (κ1) is 15.1. The Morgan fingerprint density at radius 1 is 1.39 bits per heavy atom. The predicted molar refractivity (Wildman–Crippen MR) is 74.4 cm³/mol. The first-order valence-electron chi connectivity index (χ1n) is 5.71. The summed E-state index contributed by atoms with van der Waals surface area (Å²) in [5.74, 6) is 0. The summed E-state index contributed by atoms with van der Waals surface area (Å²) in [5, 5.41) is 15.4. The molecule has 3 N–H and O–H groups in total. The molecule has 0 radical (unpaired) electrons. The maximum atomic E-state index is 11.5. The van der Waals surface area contributed by atoms with E-state index in [4.69, 9.17) is 23.2 Å². The summed E-state index contributed by atoms with van der Waals surface area (Å²) in [4.78, 5) is 11.5. The van der Waals surface area contributed by atoms with Crippen molar-refractivity contribution >= 4 is 34.9 Å². The van der Waals surface area contributed by atoms with Crippen molar-refractivity contribution in [3.05, 3.63) is 28.2 Å². The Bertz CT molecular complexity index is 413. The summed E-state index contributed by atoms with van der Waals surface area (Å²) >= 11 is 11.6. The number of rotatable bonds is 5. The molecule has 0 aromatic heterocycles. The lowest BCUT2D eigenvalue weighted by molar-refractivity contribution is 0.162. The van der Waals surface area contributed by atoms with Crippen LogP contribution in [-0.4, -0.2) is 23.8 Å². The van der Waals surface area contributed by atoms with Gasteiger partial charge in [-0.15, -0.1) is 0 Å². The van der Waals surface area contributed by atoms with Crippen molar-refractivity contribution in [3.8, 4) is 0 Å². The molecule has 1 aromatic carbocycles. The van der Waals surface area contributed by atoms with Crippen LogP contribution in [0.15, 0.2) is 18.2 Å². The fourth-order valence-corrected chi connectivity index (χ4v) is 1.69. The van der Waals surface area contributed by atoms with E-state index in [0.29, 0.717) is 22.2 Å². The number of aliphatic hydroxyl groups is 1. The van der Waals surface area contributed by atoms with Gasteiger partial charge in [0.25, 0.3) is 0 Å². The van der Waals surface area contributed by atoms with Gasteiger partial charge in [-0.3, -0.25) is 0 Å². The summed E-state index contributed by atoms with van der Waals surface area (Å²) < 4.78 is 0. The second-order valence-electron chi connectivity index (χ2n) is 3.91. The van der Waals surface area contributed by atoms with Crippen LogP contribution in [0, 0.1) is 0 Å². The number of anilines is 1. The Morgan fingerprint density at radius 2 is 2.11 bits per heavy atom. The van der Waals surface area contributed by atoms with E-state index in [0.717, 1.165) is 6.42 Å². The molecule has 100 valence electrons. The molecular formula is C12H16Cl2N2O2. The van der Waals surface area contributed by atoms with Crippen LogP contribution in [0.2, 0.25) is 10.0 Å². The number of aliphatic hydroxyl groups excluding tert-OH is 1. The van der Waals surface area contributed by atoms with Gasteiger partial charge in [-0.25, -0.2) is 4.79 Å². The lowest BCUT2D eigenvalue weighted by atomic mass is 10.2. The number of carbonyl (C=O) groups is 1. The second-order valence-corrected chi connectivity index (χ2v) is 4.72. The Morgan fingerprint density at radius 3 is 2.72 bits per heavy atom. The SMILES string of the molecule is CCCC(O)CNC(=O)Nc1ccc(Cl)c(Cl)c1. The molecule has 0 heterocycles. The minimum atomic E-state index is -0.519. The summed E-state index contributed by atoms with van der Waals surface area (Å²) in [6.07, 6.45) is 1.01. The van der Waals surface area contributed by atoms with E-state index in [1.165, 1.54) is 0 Å². The minimum Gasteiger partial charge on any atom is -0.391 e. The van der Waals surface area contributed by atoms with Crippen molar-refractivity contribution in [1.29, 1.82) is 0 Å². The Kier molecular flexibility index (Phi) is 6.25. The van der Waals surface area contributed by atoms with Crippen molar-refractivity contribution in [3.63, 3.8) is 0 Å². The normalized spacial score (nSPS) is 12.0. The lowest BCUT2D eigenvalue weighted by Crippen LogP contribution is -2.35. The quantitative estimate of drug-likeness (QED) is 0.779. The van der Waals surface area contributed by atoms with Gasteiger partial charge >= 0.3 is 6.03 Å². The van der Waals surface area contributed by atoms with E-state index in [1.807, 2.05) is 6.92 Å². The van der Waals surface area contributed by atoms with E-state index in [9.17, 15) is 9.90 Å². The minimum absolute atomic E-state index is 0.223. The molecule has 0 saturated carbocycles. The molecular weight excluding hydrogens is 275 g/mol. The summed E-state index contributed by atoms with van der Waals surface area (Å²) in [6.45, 7) is 2.19. The molecule has 0 bridgehead atoms. The van der Waals surface area contributed by atoms with E-state index >= 15 is 0 Å². The zero-order valence-electron chi connectivity index (χ0n) is 10.0. The second kappa shape index (κ2) is 7.46. The first-order valence-corrected chi connectivity index (χ1v) is 6.46. The third-order valence-corrected chi connectivity index (χ3v) is 3.04. The van der Waals surface area contributed by atoms with Crippen molar-refractivity contribution < 1.29 is 9.90 Å². The van der Waals surface area contributed by atoms with Crippen LogP contribution in [0.5, 0.6) is 0 Å². The Labute approximate surface area is 116 Å². The standard InChI is InChI=1S/C12H16Cl2N2O2/c1-2-3-9(17)7-15-12(18)16-8-4-5-10(13)11(14)6-8/h4-6,9,17H,2-3,7H2,1H3,(H2,15,16,18). The van der Waals surface area contributed by atoms with E-state index in [-0.39, 0.29) is 12.6 Å². The predicted octanol–water partition coefficient (Wildman–Crippen LogP) is 3.28. The van der Waals surface area contributed by atoms with Gasteiger partial charge in [-0.2, -0.15) is 0 Å². The van der Waals surface area contributed by atoms with Gasteiger partial charge in [-0.05, 0) is 24.6 Å². The van der Waals surface area contributed by atoms with Crippen molar-refractivity contribution in [2.75, 3.05) is 11.9 Å². The van der Waals surface area contributed by atoms with Gasteiger partial charge in [0.1, 0.15) is 0 Å². The summed E-state index contributed by atoms with van der Waals surface area (Å²) in [6, 6.07) is 4.43. The zero-order valence-corrected chi connectivity index (χ0v) is 11.6. The number of amides is 2. The third-order valence-electron chi connectivity index (χ3n) is 2.30. The van der Waals surface area contributed by atoms with Gasteiger partial charge < -0.3 is 15.7 Å². The Hall–Kier alpha value is -0.970. The number of urea groups is 1. The van der Waals surface area contributed by atoms with Crippen molar-refractivity contribution in [2.45, 2.75) is 25.9 Å². The molecule has 0 aliphatic carbocycles. The van der Waals surface area contributed by atoms with E-state index < -0.39 is 6.10 Å². The van der Waals surface area contributed by atoms with Crippen LogP contribution in [0.25, 0.3) is 0 Å². The summed E-state index contributed by atoms with van der Waals surface area (Å²) in [5.41, 5.74) is 0.548. The highest BCUT2D eigenvalue weighted by Gasteiger charge is 2.07. The lowest BCUT2D eigenvalue weighted by Gasteiger charge is -2.12. The average Bonchev–Trinajstić information content (AvgIpc) is 2.32. The van der Waals surface area contributed by atoms with Crippen molar-refractivity contribution in [2.24, 2.45) is 0 Å². The van der Waals surface area contributed by atoms with Gasteiger partial charge in [0.05, 0.1) is 16.1 Å². The molecule has 0 fully saturated rings. The number of carbonyl (C=O) groups excluding carboxylic acids is 1. The number of hydrogen-bond donors (Lipinski definition) is 3. The highest BCUT2D eigenvalue weighted by atomic mass is 35.5. The fourth-order valence-electron chi connectivity index (χ4n) is 1.39. The van der Waals surface area contributed by atoms with E-state index in [2.05, 4.69) is 10.6 Å². The largest absolute Gasteiger partial charge is 0.391 e. The molecule has 18 heavy (non-hydrogen) atoms.